The topological polar surface area (TPSA) is 44.9 Å². The quantitative estimate of drug-likeness (QED) is 0.306. The van der Waals surface area contributed by atoms with Gasteiger partial charge < -0.3 is 10.7 Å². The molecule has 1 heterocycles. The number of nitrogens with two attached hydrogens (primary N) is 1. The van der Waals surface area contributed by atoms with Crippen molar-refractivity contribution in [3.8, 4) is 0 Å². The zero-order valence-electron chi connectivity index (χ0n) is 18.8. The molecule has 0 radical (unpaired) electrons. The fourth-order valence-corrected chi connectivity index (χ4v) is 4.02. The molecule has 1 saturated heterocycles. The van der Waals surface area contributed by atoms with Crippen LogP contribution < -0.4 is 5.84 Å². The number of hydrogen-bond donors (Lipinski definition) is 1. The molecule has 4 heteroatoms. The van der Waals surface area contributed by atoms with Gasteiger partial charge in [-0.2, -0.15) is 5.10 Å². The lowest BCUT2D eigenvalue weighted by Gasteiger charge is -2.32. The summed E-state index contributed by atoms with van der Waals surface area (Å²) in [6.45, 7) is 5.59. The van der Waals surface area contributed by atoms with Crippen LogP contribution in [0.5, 0.6) is 0 Å². The van der Waals surface area contributed by atoms with Crippen LogP contribution in [0.4, 0.5) is 0 Å². The normalized spacial score (nSPS) is 17.8. The van der Waals surface area contributed by atoms with Crippen LogP contribution in [0.25, 0.3) is 18.2 Å². The summed E-state index contributed by atoms with van der Waals surface area (Å²) >= 11 is 0. The first-order valence-corrected chi connectivity index (χ1v) is 11.3. The van der Waals surface area contributed by atoms with Crippen LogP contribution in [0.15, 0.2) is 77.9 Å². The van der Waals surface area contributed by atoms with Crippen LogP contribution in [0, 0.1) is 0 Å². The largest absolute Gasteiger partial charge is 0.323 e. The van der Waals surface area contributed by atoms with Crippen molar-refractivity contribution in [2.75, 3.05) is 33.2 Å². The highest BCUT2D eigenvalue weighted by atomic mass is 15.2. The van der Waals surface area contributed by atoms with Crippen LogP contribution in [-0.4, -0.2) is 48.7 Å². The number of benzene rings is 2. The molecule has 2 N–H and O–H groups in total. The maximum atomic E-state index is 5.58. The second kappa shape index (κ2) is 10.9. The van der Waals surface area contributed by atoms with E-state index in [1.807, 2.05) is 30.4 Å². The second-order valence-corrected chi connectivity index (χ2v) is 8.49. The molecule has 2 aromatic carbocycles. The van der Waals surface area contributed by atoms with E-state index in [1.165, 1.54) is 22.3 Å². The Morgan fingerprint density at radius 3 is 2.50 bits per heavy atom. The highest BCUT2D eigenvalue weighted by Crippen LogP contribution is 2.21. The van der Waals surface area contributed by atoms with Gasteiger partial charge in [-0.05, 0) is 53.4 Å². The van der Waals surface area contributed by atoms with Gasteiger partial charge in [-0.15, -0.1) is 0 Å². The van der Waals surface area contributed by atoms with Gasteiger partial charge in [0.25, 0.3) is 0 Å². The van der Waals surface area contributed by atoms with Crippen LogP contribution >= 0.6 is 0 Å². The Morgan fingerprint density at radius 1 is 0.938 bits per heavy atom. The SMILES string of the molecule is CN1CCN(Cc2ccc(/C=C/C(/C=C/C=C/c3ccc4c(c3)CC=C4)=N/N)cc2)CC1. The van der Waals surface area contributed by atoms with E-state index in [0.717, 1.165) is 50.4 Å². The third kappa shape index (κ3) is 6.16. The Labute approximate surface area is 191 Å². The summed E-state index contributed by atoms with van der Waals surface area (Å²) in [6, 6.07) is 15.3. The molecule has 4 nitrogen and oxygen atoms in total. The first-order chi connectivity index (χ1) is 15.7. The summed E-state index contributed by atoms with van der Waals surface area (Å²) in [4.78, 5) is 4.90. The summed E-state index contributed by atoms with van der Waals surface area (Å²) < 4.78 is 0. The molecule has 4 rings (SSSR count). The Bertz CT molecular complexity index is 1050. The minimum Gasteiger partial charge on any atom is -0.323 e. The maximum absolute atomic E-state index is 5.58. The summed E-state index contributed by atoms with van der Waals surface area (Å²) in [5, 5.41) is 3.89. The molecule has 0 saturated carbocycles. The standard InChI is InChI=1S/C28H32N4/c1-31-17-19-32(20-18-31)22-25-11-9-23(10-12-25)14-16-28(30-29)8-3-2-5-24-13-15-26-6-4-7-27(26)21-24/h2-6,8-16,21H,7,17-20,22,29H2,1H3/b5-2+,8-3+,16-14+,30-28+. The Kier molecular flexibility index (Phi) is 7.49. The van der Waals surface area contributed by atoms with Crippen LogP contribution in [0.3, 0.4) is 0 Å². The third-order valence-corrected chi connectivity index (χ3v) is 6.05. The number of likely N-dealkylation sites (N-methyl/N-ethyl adjacent to an activating group) is 1. The van der Waals surface area contributed by atoms with Crippen molar-refractivity contribution >= 4 is 23.9 Å². The van der Waals surface area contributed by atoms with Gasteiger partial charge in [0.2, 0.25) is 0 Å². The molecule has 0 spiro atoms. The van der Waals surface area contributed by atoms with E-state index < -0.39 is 0 Å². The maximum Gasteiger partial charge on any atom is 0.0827 e. The zero-order valence-corrected chi connectivity index (χ0v) is 18.8. The Morgan fingerprint density at radius 2 is 1.72 bits per heavy atom. The smallest absolute Gasteiger partial charge is 0.0827 e. The predicted octanol–water partition coefficient (Wildman–Crippen LogP) is 4.60. The van der Waals surface area contributed by atoms with Crippen LogP contribution in [-0.2, 0) is 13.0 Å². The highest BCUT2D eigenvalue weighted by Gasteiger charge is 2.13. The number of nitrogens with zero attached hydrogens (tertiary/aromatic N) is 3. The van der Waals surface area contributed by atoms with Gasteiger partial charge in [0, 0.05) is 32.7 Å². The molecule has 1 fully saturated rings. The molecule has 0 atom stereocenters. The Hall–Kier alpha value is -3.21. The summed E-state index contributed by atoms with van der Waals surface area (Å²) in [7, 11) is 2.19. The van der Waals surface area contributed by atoms with E-state index >= 15 is 0 Å². The van der Waals surface area contributed by atoms with Gasteiger partial charge >= 0.3 is 0 Å². The third-order valence-electron chi connectivity index (χ3n) is 6.05. The molecule has 1 aliphatic heterocycles. The summed E-state index contributed by atoms with van der Waals surface area (Å²) in [5.41, 5.74) is 7.14. The fourth-order valence-electron chi connectivity index (χ4n) is 4.02. The molecule has 0 unspecified atom stereocenters. The number of hydrazone groups is 1. The molecule has 0 amide bonds. The van der Waals surface area contributed by atoms with Crippen molar-refractivity contribution in [1.82, 2.24) is 9.80 Å². The van der Waals surface area contributed by atoms with Gasteiger partial charge in [-0.3, -0.25) is 4.90 Å². The molecule has 1 aliphatic carbocycles. The number of piperazine rings is 1. The van der Waals surface area contributed by atoms with Crippen LogP contribution in [0.2, 0.25) is 0 Å². The highest BCUT2D eigenvalue weighted by molar-refractivity contribution is 6.06. The fraction of sp³-hybridized carbons (Fsp3) is 0.250. The van der Waals surface area contributed by atoms with Crippen molar-refractivity contribution in [3.05, 3.63) is 101 Å². The van der Waals surface area contributed by atoms with E-state index in [0.29, 0.717) is 0 Å². The molecule has 2 aliphatic rings. The van der Waals surface area contributed by atoms with Crippen LogP contribution in [0.1, 0.15) is 27.8 Å². The van der Waals surface area contributed by atoms with E-state index in [1.54, 1.807) is 0 Å². The van der Waals surface area contributed by atoms with Crippen molar-refractivity contribution in [3.63, 3.8) is 0 Å². The van der Waals surface area contributed by atoms with E-state index in [4.69, 9.17) is 5.84 Å². The number of allylic oxidation sites excluding steroid dienone is 5. The van der Waals surface area contributed by atoms with Gasteiger partial charge in [0.05, 0.1) is 5.71 Å². The number of fused-ring (bicyclic) bond motifs is 1. The summed E-state index contributed by atoms with van der Waals surface area (Å²) in [6.07, 6.45) is 17.4. The first-order valence-electron chi connectivity index (χ1n) is 11.3. The molecular weight excluding hydrogens is 392 g/mol. The first kappa shape index (κ1) is 22.0. The lowest BCUT2D eigenvalue weighted by Crippen LogP contribution is -2.43. The van der Waals surface area contributed by atoms with E-state index in [2.05, 4.69) is 82.6 Å². The molecule has 0 aromatic heterocycles. The average Bonchev–Trinajstić information content (AvgIpc) is 3.29. The summed E-state index contributed by atoms with van der Waals surface area (Å²) in [5.74, 6) is 5.58. The van der Waals surface area contributed by atoms with Gasteiger partial charge in [-0.25, -0.2) is 0 Å². The minimum atomic E-state index is 0.731. The number of hydrogen-bond acceptors (Lipinski definition) is 4. The average molecular weight is 425 g/mol. The van der Waals surface area contributed by atoms with Crippen molar-refractivity contribution in [2.24, 2.45) is 10.9 Å². The molecule has 164 valence electrons. The van der Waals surface area contributed by atoms with Crippen molar-refractivity contribution in [1.29, 1.82) is 0 Å². The predicted molar refractivity (Wildman–Crippen MR) is 137 cm³/mol. The van der Waals surface area contributed by atoms with Crippen molar-refractivity contribution in [2.45, 2.75) is 13.0 Å². The lowest BCUT2D eigenvalue weighted by atomic mass is 10.1. The molecule has 2 aromatic rings. The van der Waals surface area contributed by atoms with Crippen molar-refractivity contribution < 1.29 is 0 Å². The van der Waals surface area contributed by atoms with E-state index in [-0.39, 0.29) is 0 Å². The second-order valence-electron chi connectivity index (χ2n) is 8.49. The van der Waals surface area contributed by atoms with Gasteiger partial charge in [0.1, 0.15) is 0 Å². The minimum absolute atomic E-state index is 0.731. The molecule has 32 heavy (non-hydrogen) atoms. The number of rotatable bonds is 7. The monoisotopic (exact) mass is 424 g/mol. The molecular formula is C28H32N4. The Balaban J connectivity index is 1.28. The van der Waals surface area contributed by atoms with E-state index in [9.17, 15) is 0 Å². The van der Waals surface area contributed by atoms with Gasteiger partial charge in [0.15, 0.2) is 0 Å². The zero-order chi connectivity index (χ0) is 22.2. The molecule has 0 bridgehead atoms. The lowest BCUT2D eigenvalue weighted by molar-refractivity contribution is 0.148. The van der Waals surface area contributed by atoms with Gasteiger partial charge in [-0.1, -0.05) is 78.9 Å².